The number of aryl methyl sites for hydroxylation is 1. The van der Waals surface area contributed by atoms with Crippen LogP contribution < -0.4 is 4.74 Å². The molecule has 2 nitrogen and oxygen atoms in total. The van der Waals surface area contributed by atoms with Gasteiger partial charge in [-0.15, -0.1) is 0 Å². The molecule has 0 radical (unpaired) electrons. The summed E-state index contributed by atoms with van der Waals surface area (Å²) in [4.78, 5) is 0. The number of nitrogens with zero attached hydrogens (tertiary/aromatic N) is 1. The molecule has 0 unspecified atom stereocenters. The van der Waals surface area contributed by atoms with E-state index in [4.69, 9.17) is 33.2 Å². The maximum Gasteiger partial charge on any atom is 0.146 e. The molecule has 18 heavy (non-hydrogen) atoms. The topological polar surface area (TPSA) is 33.0 Å². The quantitative estimate of drug-likeness (QED) is 0.777. The number of ether oxygens (including phenoxy) is 1. The van der Waals surface area contributed by atoms with Crippen molar-refractivity contribution in [1.29, 1.82) is 5.26 Å². The normalized spacial score (nSPS) is 9.89. The summed E-state index contributed by atoms with van der Waals surface area (Å²) in [6.07, 6.45) is 0. The first-order chi connectivity index (χ1) is 8.61. The van der Waals surface area contributed by atoms with E-state index in [0.717, 1.165) is 5.56 Å². The fourth-order valence-electron chi connectivity index (χ4n) is 1.51. The average molecular weight is 278 g/mol. The largest absolute Gasteiger partial charge is 0.454 e. The second-order valence-corrected chi connectivity index (χ2v) is 4.58. The van der Waals surface area contributed by atoms with Crippen LogP contribution in [-0.4, -0.2) is 0 Å². The molecule has 0 amide bonds. The Balaban J connectivity index is 2.44. The third-order valence-electron chi connectivity index (χ3n) is 2.39. The first kappa shape index (κ1) is 12.8. The van der Waals surface area contributed by atoms with Gasteiger partial charge in [0.25, 0.3) is 0 Å². The monoisotopic (exact) mass is 277 g/mol. The van der Waals surface area contributed by atoms with Crippen LogP contribution in [0.25, 0.3) is 0 Å². The standard InChI is InChI=1S/C14H9Cl2NO/c1-9-5-6-12(16)14(7-9)18-13-4-2-3-11(15)10(13)8-17/h2-7H,1H3. The Bertz CT molecular complexity index is 632. The molecule has 0 aliphatic carbocycles. The lowest BCUT2D eigenvalue weighted by atomic mass is 10.2. The summed E-state index contributed by atoms with van der Waals surface area (Å²) in [6.45, 7) is 1.94. The van der Waals surface area contributed by atoms with E-state index < -0.39 is 0 Å². The lowest BCUT2D eigenvalue weighted by molar-refractivity contribution is 0.481. The molecule has 0 atom stereocenters. The fraction of sp³-hybridized carbons (Fsp3) is 0.0714. The van der Waals surface area contributed by atoms with Gasteiger partial charge in [0.15, 0.2) is 0 Å². The minimum absolute atomic E-state index is 0.303. The predicted molar refractivity (Wildman–Crippen MR) is 72.4 cm³/mol. The number of halogens is 2. The SMILES string of the molecule is Cc1ccc(Cl)c(Oc2cccc(Cl)c2C#N)c1. The van der Waals surface area contributed by atoms with Gasteiger partial charge in [0.05, 0.1) is 10.0 Å². The number of benzene rings is 2. The first-order valence-electron chi connectivity index (χ1n) is 5.24. The van der Waals surface area contributed by atoms with Gasteiger partial charge >= 0.3 is 0 Å². The van der Waals surface area contributed by atoms with Crippen LogP contribution in [0.4, 0.5) is 0 Å². The predicted octanol–water partition coefficient (Wildman–Crippen LogP) is 4.97. The van der Waals surface area contributed by atoms with Crippen LogP contribution in [0.1, 0.15) is 11.1 Å². The highest BCUT2D eigenvalue weighted by atomic mass is 35.5. The summed E-state index contributed by atoms with van der Waals surface area (Å²) in [7, 11) is 0. The van der Waals surface area contributed by atoms with Gasteiger partial charge in [0.2, 0.25) is 0 Å². The van der Waals surface area contributed by atoms with Crippen LogP contribution in [0.5, 0.6) is 11.5 Å². The maximum atomic E-state index is 9.05. The molecule has 0 spiro atoms. The Hall–Kier alpha value is -1.69. The Kier molecular flexibility index (Phi) is 3.76. The van der Waals surface area contributed by atoms with Crippen LogP contribution >= 0.6 is 23.2 Å². The molecule has 0 fully saturated rings. The number of hydrogen-bond donors (Lipinski definition) is 0. The van der Waals surface area contributed by atoms with E-state index in [2.05, 4.69) is 0 Å². The van der Waals surface area contributed by atoms with E-state index in [1.807, 2.05) is 25.1 Å². The summed E-state index contributed by atoms with van der Waals surface area (Å²) < 4.78 is 5.65. The highest BCUT2D eigenvalue weighted by Crippen LogP contribution is 2.33. The molecule has 4 heteroatoms. The smallest absolute Gasteiger partial charge is 0.146 e. The van der Waals surface area contributed by atoms with Gasteiger partial charge in [-0.25, -0.2) is 0 Å². The molecular weight excluding hydrogens is 269 g/mol. The third-order valence-corrected chi connectivity index (χ3v) is 3.02. The fourth-order valence-corrected chi connectivity index (χ4v) is 1.87. The molecular formula is C14H9Cl2NO. The van der Waals surface area contributed by atoms with Crippen molar-refractivity contribution in [3.63, 3.8) is 0 Å². The summed E-state index contributed by atoms with van der Waals surface area (Å²) >= 11 is 12.0. The molecule has 2 rings (SSSR count). The van der Waals surface area contributed by atoms with Crippen molar-refractivity contribution in [1.82, 2.24) is 0 Å². The van der Waals surface area contributed by atoms with Gasteiger partial charge in [-0.05, 0) is 36.8 Å². The van der Waals surface area contributed by atoms with Crippen molar-refractivity contribution in [2.45, 2.75) is 6.92 Å². The first-order valence-corrected chi connectivity index (χ1v) is 6.00. The number of rotatable bonds is 2. The van der Waals surface area contributed by atoms with Gasteiger partial charge in [-0.2, -0.15) is 5.26 Å². The van der Waals surface area contributed by atoms with Crippen molar-refractivity contribution in [2.24, 2.45) is 0 Å². The lowest BCUT2D eigenvalue weighted by Gasteiger charge is -2.10. The highest BCUT2D eigenvalue weighted by molar-refractivity contribution is 6.32. The minimum atomic E-state index is 0.303. The van der Waals surface area contributed by atoms with E-state index >= 15 is 0 Å². The lowest BCUT2D eigenvalue weighted by Crippen LogP contribution is -1.90. The van der Waals surface area contributed by atoms with E-state index in [1.165, 1.54) is 0 Å². The second kappa shape index (κ2) is 5.30. The summed E-state index contributed by atoms with van der Waals surface area (Å²) in [5, 5.41) is 9.90. The second-order valence-electron chi connectivity index (χ2n) is 3.76. The van der Waals surface area contributed by atoms with Gasteiger partial charge in [0, 0.05) is 0 Å². The van der Waals surface area contributed by atoms with Crippen molar-refractivity contribution >= 4 is 23.2 Å². The molecule has 0 aliphatic rings. The van der Waals surface area contributed by atoms with Crippen LogP contribution in [0, 0.1) is 18.3 Å². The van der Waals surface area contributed by atoms with Gasteiger partial charge in [0.1, 0.15) is 23.1 Å². The average Bonchev–Trinajstić information content (AvgIpc) is 2.34. The molecule has 0 saturated heterocycles. The molecule has 0 heterocycles. The van der Waals surface area contributed by atoms with Gasteiger partial charge in [-0.1, -0.05) is 35.3 Å². The van der Waals surface area contributed by atoms with E-state index in [-0.39, 0.29) is 0 Å². The van der Waals surface area contributed by atoms with Crippen LogP contribution in [0.2, 0.25) is 10.0 Å². The Morgan fingerprint density at radius 2 is 1.83 bits per heavy atom. The molecule has 90 valence electrons. The van der Waals surface area contributed by atoms with Crippen molar-refractivity contribution in [2.75, 3.05) is 0 Å². The summed E-state index contributed by atoms with van der Waals surface area (Å²) in [5.74, 6) is 0.910. The molecule has 2 aromatic carbocycles. The number of nitriles is 1. The summed E-state index contributed by atoms with van der Waals surface area (Å²) in [5.41, 5.74) is 1.33. The molecule has 0 saturated carbocycles. The van der Waals surface area contributed by atoms with Gasteiger partial charge < -0.3 is 4.74 Å². The zero-order chi connectivity index (χ0) is 13.1. The minimum Gasteiger partial charge on any atom is -0.454 e. The Labute approximate surface area is 115 Å². The third kappa shape index (κ3) is 2.59. The highest BCUT2D eigenvalue weighted by Gasteiger charge is 2.10. The van der Waals surface area contributed by atoms with Crippen LogP contribution in [-0.2, 0) is 0 Å². The van der Waals surface area contributed by atoms with Gasteiger partial charge in [-0.3, -0.25) is 0 Å². The molecule has 0 aromatic heterocycles. The van der Waals surface area contributed by atoms with Crippen LogP contribution in [0.15, 0.2) is 36.4 Å². The van der Waals surface area contributed by atoms with Crippen molar-refractivity contribution in [3.8, 4) is 17.6 Å². The molecule has 0 aliphatic heterocycles. The Morgan fingerprint density at radius 3 is 2.56 bits per heavy atom. The number of hydrogen-bond acceptors (Lipinski definition) is 2. The molecule has 0 bridgehead atoms. The summed E-state index contributed by atoms with van der Waals surface area (Å²) in [6, 6.07) is 12.5. The zero-order valence-corrected chi connectivity index (χ0v) is 11.1. The molecule has 2 aromatic rings. The molecule has 0 N–H and O–H groups in total. The maximum absolute atomic E-state index is 9.05. The zero-order valence-electron chi connectivity index (χ0n) is 9.58. The van der Waals surface area contributed by atoms with Crippen molar-refractivity contribution in [3.05, 3.63) is 57.6 Å². The van der Waals surface area contributed by atoms with Crippen molar-refractivity contribution < 1.29 is 4.74 Å². The Morgan fingerprint density at radius 1 is 1.06 bits per heavy atom. The van der Waals surface area contributed by atoms with E-state index in [0.29, 0.717) is 27.1 Å². The van der Waals surface area contributed by atoms with E-state index in [9.17, 15) is 0 Å². The van der Waals surface area contributed by atoms with E-state index in [1.54, 1.807) is 24.3 Å². The van der Waals surface area contributed by atoms with Crippen LogP contribution in [0.3, 0.4) is 0 Å².